The Hall–Kier alpha value is -2.39. The van der Waals surface area contributed by atoms with Crippen molar-refractivity contribution >= 4 is 33.0 Å². The van der Waals surface area contributed by atoms with Gasteiger partial charge in [0.15, 0.2) is 0 Å². The summed E-state index contributed by atoms with van der Waals surface area (Å²) in [6.07, 6.45) is -2.66. The third-order valence-electron chi connectivity index (χ3n) is 4.88. The molecule has 0 fully saturated rings. The first-order valence-electron chi connectivity index (χ1n) is 9.27. The minimum atomic E-state index is -4.84. The molecule has 10 heteroatoms. The van der Waals surface area contributed by atoms with Gasteiger partial charge < -0.3 is 0 Å². The molecule has 166 valence electrons. The smallest absolute Gasteiger partial charge is 0.282 e. The van der Waals surface area contributed by atoms with Gasteiger partial charge in [0.05, 0.1) is 22.2 Å². The van der Waals surface area contributed by atoms with Crippen LogP contribution in [0.2, 0.25) is 5.02 Å². The summed E-state index contributed by atoms with van der Waals surface area (Å²) in [5.41, 5.74) is -0.138. The van der Waals surface area contributed by atoms with Crippen LogP contribution in [0, 0.1) is 5.82 Å². The predicted octanol–water partition coefficient (Wildman–Crippen LogP) is 6.02. The average molecular weight is 475 g/mol. The lowest BCUT2D eigenvalue weighted by Gasteiger charge is -2.18. The van der Waals surface area contributed by atoms with E-state index in [4.69, 9.17) is 11.6 Å². The molecule has 0 spiro atoms. The highest BCUT2D eigenvalue weighted by molar-refractivity contribution is 7.92. The fourth-order valence-corrected chi connectivity index (χ4v) is 4.56. The second kappa shape index (κ2) is 8.63. The molecule has 1 N–H and O–H groups in total. The second-order valence-electron chi connectivity index (χ2n) is 7.25. The van der Waals surface area contributed by atoms with Crippen molar-refractivity contribution in [2.75, 3.05) is 4.72 Å². The van der Waals surface area contributed by atoms with Crippen LogP contribution in [0.15, 0.2) is 57.9 Å². The van der Waals surface area contributed by atoms with Crippen molar-refractivity contribution < 1.29 is 26.0 Å². The summed E-state index contributed by atoms with van der Waals surface area (Å²) in [5, 5.41) is 0.292. The van der Waals surface area contributed by atoms with Gasteiger partial charge in [-0.05, 0) is 74.7 Å². The van der Waals surface area contributed by atoms with Gasteiger partial charge in [0, 0.05) is 16.3 Å². The molecular weight excluding hydrogens is 456 g/mol. The van der Waals surface area contributed by atoms with Gasteiger partial charge in [-0.1, -0.05) is 11.6 Å². The summed E-state index contributed by atoms with van der Waals surface area (Å²) >= 11 is 5.76. The van der Waals surface area contributed by atoms with Gasteiger partial charge in [0.2, 0.25) is 0 Å². The number of hydrogen-bond acceptors (Lipinski definition) is 3. The number of allylic oxidation sites excluding steroid dienone is 1. The maximum Gasteiger partial charge on any atom is 0.416 e. The van der Waals surface area contributed by atoms with Gasteiger partial charge in [-0.3, -0.25) is 9.71 Å². The van der Waals surface area contributed by atoms with Gasteiger partial charge in [-0.2, -0.15) is 13.2 Å². The Labute approximate surface area is 182 Å². The topological polar surface area (TPSA) is 58.5 Å². The summed E-state index contributed by atoms with van der Waals surface area (Å²) < 4.78 is 81.9. The first-order valence-corrected chi connectivity index (χ1v) is 11.1. The SMILES string of the molecule is CC1=CC(C)=NC1CCc1c(F)cc(C(F)(F)F)cc1NS(=O)(=O)c1ccc(Cl)cc1. The number of benzene rings is 2. The molecule has 1 aliphatic heterocycles. The van der Waals surface area contributed by atoms with Crippen molar-refractivity contribution in [2.24, 2.45) is 4.99 Å². The minimum Gasteiger partial charge on any atom is -0.282 e. The number of hydrogen-bond donors (Lipinski definition) is 1. The number of rotatable bonds is 6. The lowest BCUT2D eigenvalue weighted by Crippen LogP contribution is -2.17. The number of nitrogens with zero attached hydrogens (tertiary/aromatic N) is 1. The van der Waals surface area contributed by atoms with E-state index in [1.807, 2.05) is 19.9 Å². The van der Waals surface area contributed by atoms with E-state index < -0.39 is 33.3 Å². The van der Waals surface area contributed by atoms with Crippen LogP contribution in [-0.2, 0) is 22.6 Å². The van der Waals surface area contributed by atoms with E-state index >= 15 is 0 Å². The van der Waals surface area contributed by atoms with Crippen LogP contribution in [0.5, 0.6) is 0 Å². The van der Waals surface area contributed by atoms with Crippen LogP contribution in [0.1, 0.15) is 31.4 Å². The zero-order valence-corrected chi connectivity index (χ0v) is 18.2. The van der Waals surface area contributed by atoms with Crippen LogP contribution >= 0.6 is 11.6 Å². The third-order valence-corrected chi connectivity index (χ3v) is 6.51. The van der Waals surface area contributed by atoms with Crippen LogP contribution in [-0.4, -0.2) is 20.2 Å². The Kier molecular flexibility index (Phi) is 6.48. The monoisotopic (exact) mass is 474 g/mol. The zero-order valence-electron chi connectivity index (χ0n) is 16.6. The summed E-state index contributed by atoms with van der Waals surface area (Å²) in [4.78, 5) is 4.19. The molecule has 0 saturated carbocycles. The molecule has 1 unspecified atom stereocenters. The molecular formula is C21H19ClF4N2O2S. The summed E-state index contributed by atoms with van der Waals surface area (Å²) in [6.45, 7) is 3.67. The van der Waals surface area contributed by atoms with Crippen molar-refractivity contribution in [1.82, 2.24) is 0 Å². The summed E-state index contributed by atoms with van der Waals surface area (Å²) in [6, 6.07) is 5.83. The number of halogens is 5. The largest absolute Gasteiger partial charge is 0.416 e. The molecule has 31 heavy (non-hydrogen) atoms. The first-order chi connectivity index (χ1) is 14.4. The van der Waals surface area contributed by atoms with Gasteiger partial charge in [-0.25, -0.2) is 12.8 Å². The van der Waals surface area contributed by atoms with Gasteiger partial charge in [0.25, 0.3) is 10.0 Å². The van der Waals surface area contributed by atoms with E-state index in [2.05, 4.69) is 9.71 Å². The van der Waals surface area contributed by atoms with E-state index in [0.29, 0.717) is 23.6 Å². The third kappa shape index (κ3) is 5.46. The summed E-state index contributed by atoms with van der Waals surface area (Å²) in [7, 11) is -4.27. The average Bonchev–Trinajstić information content (AvgIpc) is 2.97. The fraction of sp³-hybridized carbons (Fsp3) is 0.286. The lowest BCUT2D eigenvalue weighted by molar-refractivity contribution is -0.137. The maximum absolute atomic E-state index is 14.7. The number of sulfonamides is 1. The highest BCUT2D eigenvalue weighted by Gasteiger charge is 2.33. The van der Waals surface area contributed by atoms with Crippen LogP contribution in [0.4, 0.5) is 23.2 Å². The van der Waals surface area contributed by atoms with Gasteiger partial charge >= 0.3 is 6.18 Å². The molecule has 1 heterocycles. The molecule has 1 aliphatic rings. The van der Waals surface area contributed by atoms with E-state index in [1.54, 1.807) is 0 Å². The van der Waals surface area contributed by atoms with Crippen molar-refractivity contribution in [3.05, 3.63) is 70.0 Å². The molecule has 0 radical (unpaired) electrons. The van der Waals surface area contributed by atoms with E-state index in [0.717, 1.165) is 11.3 Å². The molecule has 1 atom stereocenters. The molecule has 2 aromatic rings. The molecule has 0 aliphatic carbocycles. The van der Waals surface area contributed by atoms with Crippen molar-refractivity contribution in [2.45, 2.75) is 43.8 Å². The van der Waals surface area contributed by atoms with E-state index in [-0.39, 0.29) is 22.9 Å². The van der Waals surface area contributed by atoms with E-state index in [9.17, 15) is 26.0 Å². The maximum atomic E-state index is 14.7. The van der Waals surface area contributed by atoms with Gasteiger partial charge in [-0.15, -0.1) is 0 Å². The fourth-order valence-electron chi connectivity index (χ4n) is 3.35. The molecule has 0 amide bonds. The minimum absolute atomic E-state index is 0.00489. The van der Waals surface area contributed by atoms with Crippen LogP contribution in [0.25, 0.3) is 0 Å². The van der Waals surface area contributed by atoms with Crippen molar-refractivity contribution in [3.63, 3.8) is 0 Å². The van der Waals surface area contributed by atoms with E-state index in [1.165, 1.54) is 24.3 Å². The van der Waals surface area contributed by atoms with Crippen LogP contribution < -0.4 is 4.72 Å². The lowest BCUT2D eigenvalue weighted by atomic mass is 9.98. The Bertz CT molecular complexity index is 1160. The Morgan fingerprint density at radius 1 is 1.13 bits per heavy atom. The Morgan fingerprint density at radius 3 is 2.32 bits per heavy atom. The highest BCUT2D eigenvalue weighted by Crippen LogP contribution is 2.35. The number of nitrogens with one attached hydrogen (secondary N) is 1. The molecule has 2 aromatic carbocycles. The quantitative estimate of drug-likeness (QED) is 0.520. The zero-order chi connectivity index (χ0) is 23.0. The molecule has 3 rings (SSSR count). The predicted molar refractivity (Wildman–Crippen MR) is 113 cm³/mol. The first kappa shape index (κ1) is 23.3. The normalized spacial score (nSPS) is 16.8. The second-order valence-corrected chi connectivity index (χ2v) is 9.37. The highest BCUT2D eigenvalue weighted by atomic mass is 35.5. The standard InChI is InChI=1S/C21H19ClF4N2O2S/c1-12-9-13(2)27-19(12)8-7-17-18(23)10-14(21(24,25)26)11-20(17)28-31(29,30)16-5-3-15(22)4-6-16/h3-6,9-11,19,28H,7-8H2,1-2H3. The Balaban J connectivity index is 1.98. The van der Waals surface area contributed by atoms with Crippen molar-refractivity contribution in [1.29, 1.82) is 0 Å². The number of anilines is 1. The molecule has 0 saturated heterocycles. The summed E-state index contributed by atoms with van der Waals surface area (Å²) in [5.74, 6) is -1.14. The van der Waals surface area contributed by atoms with Gasteiger partial charge in [0.1, 0.15) is 5.82 Å². The number of aliphatic imine (C=N–C) groups is 1. The number of alkyl halides is 3. The van der Waals surface area contributed by atoms with Crippen LogP contribution in [0.3, 0.4) is 0 Å². The molecule has 4 nitrogen and oxygen atoms in total. The molecule has 0 aromatic heterocycles. The Morgan fingerprint density at radius 2 is 1.77 bits per heavy atom. The molecule has 0 bridgehead atoms. The van der Waals surface area contributed by atoms with Crippen molar-refractivity contribution in [3.8, 4) is 0 Å².